The molecule has 3 N–H and O–H groups in total. The van der Waals surface area contributed by atoms with Crippen LogP contribution in [0.1, 0.15) is 55.6 Å². The van der Waals surface area contributed by atoms with Gasteiger partial charge in [-0.1, -0.05) is 32.9 Å². The van der Waals surface area contributed by atoms with Crippen molar-refractivity contribution in [3.8, 4) is 0 Å². The van der Waals surface area contributed by atoms with E-state index in [2.05, 4.69) is 30.7 Å². The van der Waals surface area contributed by atoms with Crippen LogP contribution in [0.5, 0.6) is 0 Å². The van der Waals surface area contributed by atoms with Crippen molar-refractivity contribution in [3.05, 3.63) is 46.5 Å². The highest BCUT2D eigenvalue weighted by atomic mass is 19.1. The molecule has 4 heteroatoms. The molecule has 22 heavy (non-hydrogen) atoms. The van der Waals surface area contributed by atoms with Gasteiger partial charge in [-0.25, -0.2) is 9.37 Å². The largest absolute Gasteiger partial charge is 0.369 e. The lowest BCUT2D eigenvalue weighted by molar-refractivity contribution is 0.576. The molecule has 1 aliphatic carbocycles. The van der Waals surface area contributed by atoms with E-state index in [0.29, 0.717) is 17.3 Å². The molecule has 1 aromatic carbocycles. The number of imidazole rings is 1. The Bertz CT molecular complexity index is 639. The Hall–Kier alpha value is -1.84. The number of rotatable bonds is 2. The first-order valence-electron chi connectivity index (χ1n) is 7.81. The number of benzene rings is 1. The van der Waals surface area contributed by atoms with Crippen molar-refractivity contribution in [2.75, 3.05) is 5.73 Å². The highest BCUT2D eigenvalue weighted by Gasteiger charge is 2.47. The van der Waals surface area contributed by atoms with Crippen LogP contribution in [-0.2, 0) is 6.42 Å². The molecule has 1 atom stereocenters. The van der Waals surface area contributed by atoms with Gasteiger partial charge in [-0.2, -0.15) is 0 Å². The Labute approximate surface area is 132 Å². The Morgan fingerprint density at radius 1 is 1.36 bits per heavy atom. The fourth-order valence-electron chi connectivity index (χ4n) is 2.65. The molecule has 0 spiro atoms. The molecule has 0 radical (unpaired) electrons. The predicted octanol–water partition coefficient (Wildman–Crippen LogP) is 4.51. The Morgan fingerprint density at radius 3 is 2.36 bits per heavy atom. The van der Waals surface area contributed by atoms with Gasteiger partial charge in [0.15, 0.2) is 5.95 Å². The maximum Gasteiger partial charge on any atom is 0.197 e. The second kappa shape index (κ2) is 6.11. The van der Waals surface area contributed by atoms with Crippen LogP contribution in [0.4, 0.5) is 10.3 Å². The molecule has 1 fully saturated rings. The zero-order chi connectivity index (χ0) is 16.5. The van der Waals surface area contributed by atoms with Gasteiger partial charge in [0, 0.05) is 5.69 Å². The van der Waals surface area contributed by atoms with E-state index >= 15 is 0 Å². The van der Waals surface area contributed by atoms with Gasteiger partial charge in [0.25, 0.3) is 0 Å². The Kier molecular flexibility index (Phi) is 4.59. The number of hydrogen-bond acceptors (Lipinski definition) is 2. The zero-order valence-corrected chi connectivity index (χ0v) is 14.1. The first-order chi connectivity index (χ1) is 10.2. The minimum absolute atomic E-state index is 0.0298. The third-order valence-corrected chi connectivity index (χ3v) is 4.50. The van der Waals surface area contributed by atoms with Crippen molar-refractivity contribution in [1.29, 1.82) is 0 Å². The van der Waals surface area contributed by atoms with Crippen LogP contribution in [0.3, 0.4) is 0 Å². The SMILES string of the molecule is CCc1ccc(F)c([C@H]2CC2(C)C)c1.Cc1nc(N)[nH]c1C. The molecular formula is C18H26FN3. The van der Waals surface area contributed by atoms with E-state index in [4.69, 9.17) is 5.73 Å². The van der Waals surface area contributed by atoms with Crippen LogP contribution in [0.25, 0.3) is 0 Å². The van der Waals surface area contributed by atoms with E-state index in [0.717, 1.165) is 29.8 Å². The van der Waals surface area contributed by atoms with Gasteiger partial charge in [-0.05, 0) is 55.2 Å². The van der Waals surface area contributed by atoms with Crippen molar-refractivity contribution in [2.24, 2.45) is 5.41 Å². The molecule has 2 aromatic rings. The Balaban J connectivity index is 0.000000188. The molecule has 120 valence electrons. The summed E-state index contributed by atoms with van der Waals surface area (Å²) in [4.78, 5) is 6.81. The lowest BCUT2D eigenvalue weighted by Crippen LogP contribution is -1.95. The molecule has 3 rings (SSSR count). The van der Waals surface area contributed by atoms with Crippen LogP contribution < -0.4 is 5.73 Å². The van der Waals surface area contributed by atoms with Crippen molar-refractivity contribution in [2.45, 2.75) is 53.4 Å². The molecule has 1 aliphatic rings. The number of nitrogens with zero attached hydrogens (tertiary/aromatic N) is 1. The number of halogens is 1. The van der Waals surface area contributed by atoms with E-state index in [1.165, 1.54) is 5.56 Å². The van der Waals surface area contributed by atoms with E-state index < -0.39 is 0 Å². The molecular weight excluding hydrogens is 277 g/mol. The fraction of sp³-hybridized carbons (Fsp3) is 0.500. The van der Waals surface area contributed by atoms with Crippen LogP contribution >= 0.6 is 0 Å². The van der Waals surface area contributed by atoms with Crippen molar-refractivity contribution >= 4 is 5.95 Å². The minimum atomic E-state index is -0.0298. The maximum atomic E-state index is 13.5. The van der Waals surface area contributed by atoms with Gasteiger partial charge in [0.1, 0.15) is 5.82 Å². The van der Waals surface area contributed by atoms with Gasteiger partial charge < -0.3 is 10.7 Å². The summed E-state index contributed by atoms with van der Waals surface area (Å²) in [6, 6.07) is 5.53. The summed E-state index contributed by atoms with van der Waals surface area (Å²) in [6.07, 6.45) is 2.11. The van der Waals surface area contributed by atoms with Crippen LogP contribution in [-0.4, -0.2) is 9.97 Å². The Morgan fingerprint density at radius 2 is 2.00 bits per heavy atom. The maximum absolute atomic E-state index is 13.5. The second-order valence-corrected chi connectivity index (χ2v) is 6.79. The molecule has 1 heterocycles. The first kappa shape index (κ1) is 16.5. The van der Waals surface area contributed by atoms with Gasteiger partial charge >= 0.3 is 0 Å². The average Bonchev–Trinajstić information content (AvgIpc) is 2.97. The van der Waals surface area contributed by atoms with E-state index in [-0.39, 0.29) is 5.82 Å². The smallest absolute Gasteiger partial charge is 0.197 e. The molecule has 0 amide bonds. The number of aryl methyl sites for hydroxylation is 3. The molecule has 1 aromatic heterocycles. The van der Waals surface area contributed by atoms with Crippen molar-refractivity contribution in [3.63, 3.8) is 0 Å². The topological polar surface area (TPSA) is 54.7 Å². The molecule has 3 nitrogen and oxygen atoms in total. The zero-order valence-electron chi connectivity index (χ0n) is 14.1. The first-order valence-corrected chi connectivity index (χ1v) is 7.81. The average molecular weight is 303 g/mol. The minimum Gasteiger partial charge on any atom is -0.369 e. The predicted molar refractivity (Wildman–Crippen MR) is 89.4 cm³/mol. The highest BCUT2D eigenvalue weighted by Crippen LogP contribution is 2.59. The summed E-state index contributed by atoms with van der Waals surface area (Å²) in [6.45, 7) is 10.4. The summed E-state index contributed by atoms with van der Waals surface area (Å²) >= 11 is 0. The number of H-pyrrole nitrogens is 1. The normalized spacial score (nSPS) is 18.5. The van der Waals surface area contributed by atoms with Crippen LogP contribution in [0.15, 0.2) is 18.2 Å². The third-order valence-electron chi connectivity index (χ3n) is 4.50. The number of nitrogens with two attached hydrogens (primary N) is 1. The standard InChI is InChI=1S/C13H17F.C5H9N3/c1-4-9-5-6-12(14)10(7-9)11-8-13(11,2)3;1-3-4(2)8-5(6)7-3/h5-7,11H,4,8H2,1-3H3;1-2H3,(H3,6,7,8)/t11-;/m1./s1. The van der Waals surface area contributed by atoms with Crippen molar-refractivity contribution in [1.82, 2.24) is 9.97 Å². The van der Waals surface area contributed by atoms with Crippen LogP contribution in [0.2, 0.25) is 0 Å². The van der Waals surface area contributed by atoms with E-state index in [1.54, 1.807) is 6.07 Å². The molecule has 0 aliphatic heterocycles. The number of aromatic nitrogens is 2. The summed E-state index contributed by atoms with van der Waals surface area (Å²) in [5, 5.41) is 0. The number of nitrogens with one attached hydrogen (secondary N) is 1. The molecule has 1 saturated carbocycles. The summed E-state index contributed by atoms with van der Waals surface area (Å²) in [5.74, 6) is 0.909. The van der Waals surface area contributed by atoms with Crippen LogP contribution in [0, 0.1) is 25.1 Å². The van der Waals surface area contributed by atoms with E-state index in [9.17, 15) is 4.39 Å². The number of nitrogen functional groups attached to an aromatic ring is 1. The number of anilines is 1. The molecule has 0 saturated heterocycles. The van der Waals surface area contributed by atoms with Crippen molar-refractivity contribution < 1.29 is 4.39 Å². The molecule has 0 unspecified atom stereocenters. The monoisotopic (exact) mass is 303 g/mol. The summed E-state index contributed by atoms with van der Waals surface area (Å²) in [5.41, 5.74) is 9.81. The second-order valence-electron chi connectivity index (χ2n) is 6.79. The quantitative estimate of drug-likeness (QED) is 0.857. The van der Waals surface area contributed by atoms with Gasteiger partial charge in [0.2, 0.25) is 0 Å². The summed E-state index contributed by atoms with van der Waals surface area (Å²) in [7, 11) is 0. The fourth-order valence-corrected chi connectivity index (χ4v) is 2.65. The van der Waals surface area contributed by atoms with E-state index in [1.807, 2.05) is 26.0 Å². The summed E-state index contributed by atoms with van der Waals surface area (Å²) < 4.78 is 13.5. The van der Waals surface area contributed by atoms with Gasteiger partial charge in [-0.15, -0.1) is 0 Å². The lowest BCUT2D eigenvalue weighted by Gasteiger charge is -2.07. The third kappa shape index (κ3) is 3.67. The highest BCUT2D eigenvalue weighted by molar-refractivity contribution is 5.33. The van der Waals surface area contributed by atoms with Gasteiger partial charge in [-0.3, -0.25) is 0 Å². The number of aromatic amines is 1. The number of hydrogen-bond donors (Lipinski definition) is 2. The van der Waals surface area contributed by atoms with Gasteiger partial charge in [0.05, 0.1) is 5.69 Å². The molecule has 0 bridgehead atoms. The lowest BCUT2D eigenvalue weighted by atomic mass is 10.00.